The smallest absolute Gasteiger partial charge is 0.277 e. The van der Waals surface area contributed by atoms with E-state index in [-0.39, 0.29) is 6.61 Å². The fraction of sp³-hybridized carbons (Fsp3) is 0.0455. The standard InChI is InChI=1S/C22H15Cl2N3O2/c23-20-2-1-3-21(24)19(20)13-26-27-22(28)14-29-18-10-8-17(9-11-18)16-6-4-15(12-25)5-7-16/h1-11,13H,14H2,(H,27,28)/b26-13+. The lowest BCUT2D eigenvalue weighted by Crippen LogP contribution is -2.24. The van der Waals surface area contributed by atoms with E-state index in [9.17, 15) is 4.79 Å². The van der Waals surface area contributed by atoms with Crippen molar-refractivity contribution in [1.82, 2.24) is 5.43 Å². The second-order valence-electron chi connectivity index (χ2n) is 5.93. The molecule has 3 aromatic rings. The van der Waals surface area contributed by atoms with Crippen molar-refractivity contribution in [2.24, 2.45) is 5.10 Å². The zero-order chi connectivity index (χ0) is 20.6. The van der Waals surface area contributed by atoms with Crippen LogP contribution in [0.3, 0.4) is 0 Å². The lowest BCUT2D eigenvalue weighted by atomic mass is 10.0. The number of nitriles is 1. The maximum absolute atomic E-state index is 11.9. The maximum Gasteiger partial charge on any atom is 0.277 e. The molecule has 0 heterocycles. The van der Waals surface area contributed by atoms with E-state index in [2.05, 4.69) is 16.6 Å². The second kappa shape index (κ2) is 9.74. The lowest BCUT2D eigenvalue weighted by molar-refractivity contribution is -0.123. The highest BCUT2D eigenvalue weighted by Crippen LogP contribution is 2.23. The van der Waals surface area contributed by atoms with Crippen LogP contribution in [0.2, 0.25) is 10.0 Å². The first kappa shape index (κ1) is 20.4. The zero-order valence-electron chi connectivity index (χ0n) is 15.1. The predicted octanol–water partition coefficient (Wildman–Crippen LogP) is 5.06. The quantitative estimate of drug-likeness (QED) is 0.444. The molecule has 0 saturated carbocycles. The molecule has 0 bridgehead atoms. The van der Waals surface area contributed by atoms with E-state index in [1.165, 1.54) is 6.21 Å². The Hall–Kier alpha value is -3.33. The van der Waals surface area contributed by atoms with Crippen LogP contribution >= 0.6 is 23.2 Å². The van der Waals surface area contributed by atoms with Crippen molar-refractivity contribution in [3.05, 3.63) is 87.9 Å². The van der Waals surface area contributed by atoms with Crippen LogP contribution in [0.1, 0.15) is 11.1 Å². The summed E-state index contributed by atoms with van der Waals surface area (Å²) in [4.78, 5) is 11.9. The molecule has 1 N–H and O–H groups in total. The number of hydrazone groups is 1. The summed E-state index contributed by atoms with van der Waals surface area (Å²) in [5.74, 6) is 0.135. The SMILES string of the molecule is N#Cc1ccc(-c2ccc(OCC(=O)N/N=C/c3c(Cl)cccc3Cl)cc2)cc1. The van der Waals surface area contributed by atoms with Gasteiger partial charge in [0.05, 0.1) is 27.9 Å². The second-order valence-corrected chi connectivity index (χ2v) is 6.75. The summed E-state index contributed by atoms with van der Waals surface area (Å²) >= 11 is 12.1. The van der Waals surface area contributed by atoms with Crippen molar-refractivity contribution in [3.8, 4) is 22.9 Å². The van der Waals surface area contributed by atoms with Gasteiger partial charge >= 0.3 is 0 Å². The van der Waals surface area contributed by atoms with Crippen molar-refractivity contribution in [2.75, 3.05) is 6.61 Å². The van der Waals surface area contributed by atoms with Crippen LogP contribution in [0.4, 0.5) is 0 Å². The Balaban J connectivity index is 1.52. The Morgan fingerprint density at radius 2 is 1.59 bits per heavy atom. The van der Waals surface area contributed by atoms with Crippen molar-refractivity contribution in [1.29, 1.82) is 5.26 Å². The first-order valence-electron chi connectivity index (χ1n) is 8.56. The Labute approximate surface area is 178 Å². The van der Waals surface area contributed by atoms with Gasteiger partial charge in [-0.2, -0.15) is 10.4 Å². The number of amides is 1. The van der Waals surface area contributed by atoms with Gasteiger partial charge in [-0.25, -0.2) is 5.43 Å². The summed E-state index contributed by atoms with van der Waals surface area (Å²) in [5, 5.41) is 13.6. The van der Waals surface area contributed by atoms with Crippen LogP contribution in [-0.2, 0) is 4.79 Å². The number of hydrogen-bond acceptors (Lipinski definition) is 4. The van der Waals surface area contributed by atoms with E-state index in [0.29, 0.717) is 26.9 Å². The Morgan fingerprint density at radius 1 is 1.00 bits per heavy atom. The average molecular weight is 424 g/mol. The number of carbonyl (C=O) groups is 1. The van der Waals surface area contributed by atoms with Gasteiger partial charge in [0.1, 0.15) is 5.75 Å². The number of hydrogen-bond donors (Lipinski definition) is 1. The van der Waals surface area contributed by atoms with Gasteiger partial charge in [0.2, 0.25) is 0 Å². The molecular weight excluding hydrogens is 409 g/mol. The highest BCUT2D eigenvalue weighted by atomic mass is 35.5. The van der Waals surface area contributed by atoms with Gasteiger partial charge in [-0.1, -0.05) is 53.5 Å². The molecule has 0 aromatic heterocycles. The molecule has 5 nitrogen and oxygen atoms in total. The van der Waals surface area contributed by atoms with Crippen LogP contribution in [-0.4, -0.2) is 18.7 Å². The van der Waals surface area contributed by atoms with Gasteiger partial charge in [0.15, 0.2) is 6.61 Å². The van der Waals surface area contributed by atoms with Crippen molar-refractivity contribution in [3.63, 3.8) is 0 Å². The van der Waals surface area contributed by atoms with Gasteiger partial charge < -0.3 is 4.74 Å². The molecule has 0 spiro atoms. The molecule has 0 aliphatic carbocycles. The van der Waals surface area contributed by atoms with Crippen molar-refractivity contribution >= 4 is 35.3 Å². The van der Waals surface area contributed by atoms with Crippen LogP contribution in [0.25, 0.3) is 11.1 Å². The summed E-state index contributed by atoms with van der Waals surface area (Å²) in [5.41, 5.74) is 5.47. The van der Waals surface area contributed by atoms with E-state index in [4.69, 9.17) is 33.2 Å². The van der Waals surface area contributed by atoms with E-state index >= 15 is 0 Å². The first-order chi connectivity index (χ1) is 14.1. The molecule has 29 heavy (non-hydrogen) atoms. The fourth-order valence-electron chi connectivity index (χ4n) is 2.46. The highest BCUT2D eigenvalue weighted by Gasteiger charge is 2.05. The molecule has 144 valence electrons. The number of halogens is 2. The minimum absolute atomic E-state index is 0.191. The summed E-state index contributed by atoms with van der Waals surface area (Å²) in [7, 11) is 0. The molecule has 0 unspecified atom stereocenters. The zero-order valence-corrected chi connectivity index (χ0v) is 16.6. The van der Waals surface area contributed by atoms with E-state index in [0.717, 1.165) is 11.1 Å². The number of carbonyl (C=O) groups excluding carboxylic acids is 1. The van der Waals surface area contributed by atoms with Crippen molar-refractivity contribution in [2.45, 2.75) is 0 Å². The van der Waals surface area contributed by atoms with Crippen LogP contribution in [0, 0.1) is 11.3 Å². The molecule has 1 amide bonds. The molecule has 7 heteroatoms. The topological polar surface area (TPSA) is 74.5 Å². The molecule has 0 radical (unpaired) electrons. The number of rotatable bonds is 6. The van der Waals surface area contributed by atoms with Gasteiger partial charge in [-0.05, 0) is 47.5 Å². The molecule has 3 aromatic carbocycles. The normalized spacial score (nSPS) is 10.5. The molecule has 0 saturated heterocycles. The fourth-order valence-corrected chi connectivity index (χ4v) is 2.96. The highest BCUT2D eigenvalue weighted by molar-refractivity contribution is 6.38. The van der Waals surface area contributed by atoms with Crippen LogP contribution in [0.15, 0.2) is 71.8 Å². The minimum atomic E-state index is -0.416. The minimum Gasteiger partial charge on any atom is -0.484 e. The Morgan fingerprint density at radius 3 is 2.17 bits per heavy atom. The Bertz CT molecular complexity index is 1050. The molecule has 0 atom stereocenters. The summed E-state index contributed by atoms with van der Waals surface area (Å²) < 4.78 is 5.46. The number of nitrogens with one attached hydrogen (secondary N) is 1. The molecule has 0 aliphatic rings. The summed E-state index contributed by atoms with van der Waals surface area (Å²) in [6.07, 6.45) is 1.38. The molecule has 0 fully saturated rings. The summed E-state index contributed by atoms with van der Waals surface area (Å²) in [6.45, 7) is -0.191. The maximum atomic E-state index is 11.9. The number of benzene rings is 3. The van der Waals surface area contributed by atoms with Gasteiger partial charge in [-0.15, -0.1) is 0 Å². The predicted molar refractivity (Wildman–Crippen MR) is 114 cm³/mol. The van der Waals surface area contributed by atoms with Gasteiger partial charge in [-0.3, -0.25) is 4.79 Å². The van der Waals surface area contributed by atoms with E-state index in [1.807, 2.05) is 24.3 Å². The first-order valence-corrected chi connectivity index (χ1v) is 9.32. The lowest BCUT2D eigenvalue weighted by Gasteiger charge is -2.07. The Kier molecular flexibility index (Phi) is 6.85. The monoisotopic (exact) mass is 423 g/mol. The van der Waals surface area contributed by atoms with E-state index in [1.54, 1.807) is 42.5 Å². The largest absolute Gasteiger partial charge is 0.484 e. The molecule has 3 rings (SSSR count). The van der Waals surface area contributed by atoms with Crippen LogP contribution < -0.4 is 10.2 Å². The van der Waals surface area contributed by atoms with Crippen LogP contribution in [0.5, 0.6) is 5.75 Å². The van der Waals surface area contributed by atoms with Gasteiger partial charge in [0.25, 0.3) is 5.91 Å². The van der Waals surface area contributed by atoms with Gasteiger partial charge in [0, 0.05) is 5.56 Å². The number of ether oxygens (including phenoxy) is 1. The third kappa shape index (κ3) is 5.58. The van der Waals surface area contributed by atoms with Crippen molar-refractivity contribution < 1.29 is 9.53 Å². The number of nitrogens with zero attached hydrogens (tertiary/aromatic N) is 2. The summed E-state index contributed by atoms with van der Waals surface area (Å²) in [6, 6.07) is 21.8. The van der Waals surface area contributed by atoms with E-state index < -0.39 is 5.91 Å². The average Bonchev–Trinajstić information content (AvgIpc) is 2.75. The molecule has 0 aliphatic heterocycles. The molecular formula is C22H15Cl2N3O2. The third-order valence-electron chi connectivity index (χ3n) is 3.95. The third-order valence-corrected chi connectivity index (χ3v) is 4.61.